The molecule has 0 aliphatic carbocycles. The first-order valence-electron chi connectivity index (χ1n) is 8.96. The van der Waals surface area contributed by atoms with Crippen molar-refractivity contribution in [1.82, 2.24) is 14.5 Å². The predicted molar refractivity (Wildman–Crippen MR) is 120 cm³/mol. The molecule has 0 unspecified atom stereocenters. The van der Waals surface area contributed by atoms with Gasteiger partial charge >= 0.3 is 0 Å². The van der Waals surface area contributed by atoms with E-state index in [0.717, 1.165) is 16.7 Å². The third kappa shape index (κ3) is 4.23. The molecule has 4 rings (SSSR count). The van der Waals surface area contributed by atoms with Gasteiger partial charge in [-0.25, -0.2) is 4.98 Å². The van der Waals surface area contributed by atoms with Crippen LogP contribution < -0.4 is 5.56 Å². The van der Waals surface area contributed by atoms with E-state index in [1.165, 1.54) is 23.1 Å². The lowest BCUT2D eigenvalue weighted by molar-refractivity contribution is 0.183. The van der Waals surface area contributed by atoms with Crippen LogP contribution in [0.5, 0.6) is 0 Å². The highest BCUT2D eigenvalue weighted by atomic mass is 35.5. The number of nitrogens with zero attached hydrogens (tertiary/aromatic N) is 3. The number of benzene rings is 1. The Kier molecular flexibility index (Phi) is 6.30. The van der Waals surface area contributed by atoms with E-state index in [2.05, 4.69) is 4.98 Å². The lowest BCUT2D eigenvalue weighted by atomic mass is 10.1. The summed E-state index contributed by atoms with van der Waals surface area (Å²) in [4.78, 5) is 23.1. The minimum atomic E-state index is -0.0723. The zero-order valence-corrected chi connectivity index (χ0v) is 18.1. The molecule has 3 heterocycles. The molecule has 0 fully saturated rings. The third-order valence-electron chi connectivity index (χ3n) is 4.43. The SMILES string of the molecule is COCCn1c(SCc2cccnc2)nc2scc(-c3ccccc3Cl)c2c1=O. The summed E-state index contributed by atoms with van der Waals surface area (Å²) in [5.41, 5.74) is 2.67. The van der Waals surface area contributed by atoms with Crippen LogP contribution in [0.15, 0.2) is 64.1 Å². The molecule has 4 aromatic rings. The molecular formula is C21H18ClN3O2S2. The summed E-state index contributed by atoms with van der Waals surface area (Å²) in [6.07, 6.45) is 3.57. The molecule has 5 nitrogen and oxygen atoms in total. The first-order valence-corrected chi connectivity index (χ1v) is 11.2. The van der Waals surface area contributed by atoms with E-state index >= 15 is 0 Å². The minimum Gasteiger partial charge on any atom is -0.383 e. The molecule has 1 aromatic carbocycles. The Bertz CT molecular complexity index is 1190. The Morgan fingerprint density at radius 2 is 2.07 bits per heavy atom. The molecule has 148 valence electrons. The number of thiophene rings is 1. The Morgan fingerprint density at radius 3 is 2.83 bits per heavy atom. The Morgan fingerprint density at radius 1 is 1.21 bits per heavy atom. The molecule has 0 bridgehead atoms. The van der Waals surface area contributed by atoms with E-state index in [0.29, 0.717) is 39.3 Å². The van der Waals surface area contributed by atoms with Crippen molar-refractivity contribution in [2.24, 2.45) is 0 Å². The number of methoxy groups -OCH3 is 1. The fraction of sp³-hybridized carbons (Fsp3) is 0.190. The molecule has 0 N–H and O–H groups in total. The highest BCUT2D eigenvalue weighted by molar-refractivity contribution is 7.98. The number of aromatic nitrogens is 3. The number of hydrogen-bond acceptors (Lipinski definition) is 6. The molecule has 0 radical (unpaired) electrons. The van der Waals surface area contributed by atoms with Crippen LogP contribution in [0.2, 0.25) is 5.02 Å². The van der Waals surface area contributed by atoms with Crippen LogP contribution in [-0.2, 0) is 17.0 Å². The average Bonchev–Trinajstić information content (AvgIpc) is 3.17. The first-order chi connectivity index (χ1) is 14.2. The van der Waals surface area contributed by atoms with Crippen molar-refractivity contribution in [3.63, 3.8) is 0 Å². The number of ether oxygens (including phenoxy) is 1. The van der Waals surface area contributed by atoms with Gasteiger partial charge in [-0.1, -0.05) is 47.6 Å². The fourth-order valence-electron chi connectivity index (χ4n) is 3.00. The summed E-state index contributed by atoms with van der Waals surface area (Å²) >= 11 is 9.37. The quantitative estimate of drug-likeness (QED) is 0.293. The lowest BCUT2D eigenvalue weighted by Gasteiger charge is -2.12. The van der Waals surface area contributed by atoms with E-state index < -0.39 is 0 Å². The van der Waals surface area contributed by atoms with Gasteiger partial charge < -0.3 is 4.74 Å². The number of thioether (sulfide) groups is 1. The van der Waals surface area contributed by atoms with Gasteiger partial charge in [-0.15, -0.1) is 11.3 Å². The summed E-state index contributed by atoms with van der Waals surface area (Å²) in [7, 11) is 1.62. The van der Waals surface area contributed by atoms with Crippen molar-refractivity contribution in [2.45, 2.75) is 17.5 Å². The van der Waals surface area contributed by atoms with Crippen LogP contribution >= 0.6 is 34.7 Å². The monoisotopic (exact) mass is 443 g/mol. The first kappa shape index (κ1) is 20.1. The highest BCUT2D eigenvalue weighted by Gasteiger charge is 2.18. The third-order valence-corrected chi connectivity index (χ3v) is 6.68. The van der Waals surface area contributed by atoms with E-state index in [9.17, 15) is 4.79 Å². The van der Waals surface area contributed by atoms with Gasteiger partial charge in [-0.05, 0) is 17.7 Å². The minimum absolute atomic E-state index is 0.0723. The molecule has 0 aliphatic rings. The molecule has 3 aromatic heterocycles. The van der Waals surface area contributed by atoms with Gasteiger partial charge in [0.05, 0.1) is 18.5 Å². The molecule has 0 amide bonds. The van der Waals surface area contributed by atoms with Crippen LogP contribution in [-0.4, -0.2) is 28.3 Å². The van der Waals surface area contributed by atoms with Crippen LogP contribution in [0.4, 0.5) is 0 Å². The summed E-state index contributed by atoms with van der Waals surface area (Å²) < 4.78 is 6.92. The van der Waals surface area contributed by atoms with E-state index in [4.69, 9.17) is 21.3 Å². The van der Waals surface area contributed by atoms with Crippen molar-refractivity contribution in [3.05, 3.63) is 75.1 Å². The van der Waals surface area contributed by atoms with Gasteiger partial charge in [0.25, 0.3) is 5.56 Å². The summed E-state index contributed by atoms with van der Waals surface area (Å²) in [6, 6.07) is 11.5. The number of halogens is 1. The van der Waals surface area contributed by atoms with Crippen molar-refractivity contribution in [3.8, 4) is 11.1 Å². The maximum absolute atomic E-state index is 13.4. The predicted octanol–water partition coefficient (Wildman–Crippen LogP) is 5.11. The largest absolute Gasteiger partial charge is 0.383 e. The second kappa shape index (κ2) is 9.09. The zero-order valence-electron chi connectivity index (χ0n) is 15.7. The summed E-state index contributed by atoms with van der Waals surface area (Å²) in [5, 5.41) is 3.85. The van der Waals surface area contributed by atoms with Gasteiger partial charge in [0.2, 0.25) is 0 Å². The van der Waals surface area contributed by atoms with Gasteiger partial charge in [-0.2, -0.15) is 0 Å². The second-order valence-corrected chi connectivity index (χ2v) is 8.51. The summed E-state index contributed by atoms with van der Waals surface area (Å²) in [5.74, 6) is 0.682. The van der Waals surface area contributed by atoms with Crippen molar-refractivity contribution in [1.29, 1.82) is 0 Å². The maximum Gasteiger partial charge on any atom is 0.263 e. The Hall–Kier alpha value is -2.19. The van der Waals surface area contributed by atoms with Crippen LogP contribution in [0.1, 0.15) is 5.56 Å². The molecule has 29 heavy (non-hydrogen) atoms. The molecular weight excluding hydrogens is 426 g/mol. The van der Waals surface area contributed by atoms with Crippen molar-refractivity contribution in [2.75, 3.05) is 13.7 Å². The second-order valence-electron chi connectivity index (χ2n) is 6.30. The smallest absolute Gasteiger partial charge is 0.263 e. The molecule has 0 aliphatic heterocycles. The molecule has 0 saturated carbocycles. The zero-order chi connectivity index (χ0) is 20.2. The van der Waals surface area contributed by atoms with Gasteiger partial charge in [0, 0.05) is 46.8 Å². The van der Waals surface area contributed by atoms with Crippen molar-refractivity contribution < 1.29 is 4.74 Å². The van der Waals surface area contributed by atoms with Gasteiger partial charge in [-0.3, -0.25) is 14.3 Å². The normalized spacial score (nSPS) is 11.2. The number of hydrogen-bond donors (Lipinski definition) is 0. The number of pyridine rings is 1. The van der Waals surface area contributed by atoms with Crippen LogP contribution in [0.3, 0.4) is 0 Å². The summed E-state index contributed by atoms with van der Waals surface area (Å²) in [6.45, 7) is 0.866. The standard InChI is InChI=1S/C21H18ClN3O2S2/c1-27-10-9-25-20(26)18-16(15-6-2-3-7-17(15)22)13-28-19(18)24-21(25)29-12-14-5-4-8-23-11-14/h2-8,11,13H,9-10,12H2,1H3. The van der Waals surface area contributed by atoms with Crippen LogP contribution in [0.25, 0.3) is 21.3 Å². The number of rotatable bonds is 7. The lowest BCUT2D eigenvalue weighted by Crippen LogP contribution is -2.25. The maximum atomic E-state index is 13.4. The molecule has 0 saturated heterocycles. The topological polar surface area (TPSA) is 57.0 Å². The average molecular weight is 444 g/mol. The number of fused-ring (bicyclic) bond motifs is 1. The van der Waals surface area contributed by atoms with Gasteiger partial charge in [0.15, 0.2) is 5.16 Å². The van der Waals surface area contributed by atoms with Crippen LogP contribution in [0, 0.1) is 0 Å². The van der Waals surface area contributed by atoms with E-state index in [1.54, 1.807) is 17.9 Å². The molecule has 0 atom stereocenters. The Balaban J connectivity index is 1.80. The highest BCUT2D eigenvalue weighted by Crippen LogP contribution is 2.36. The molecule has 8 heteroatoms. The van der Waals surface area contributed by atoms with Gasteiger partial charge in [0.1, 0.15) is 4.83 Å². The van der Waals surface area contributed by atoms with Crippen molar-refractivity contribution >= 4 is 44.9 Å². The molecule has 0 spiro atoms. The van der Waals surface area contributed by atoms with E-state index in [1.807, 2.05) is 48.0 Å². The fourth-order valence-corrected chi connectivity index (χ4v) is 5.18. The Labute approximate surface area is 181 Å². The van der Waals surface area contributed by atoms with E-state index in [-0.39, 0.29) is 5.56 Å².